The third-order valence-electron chi connectivity index (χ3n) is 1.94. The largest absolute Gasteiger partial charge is 0.329 e. The number of hydrogen-bond acceptors (Lipinski definition) is 3. The second-order valence-corrected chi connectivity index (χ2v) is 5.24. The molecule has 0 aliphatic rings. The summed E-state index contributed by atoms with van der Waals surface area (Å²) >= 11 is 0. The molecule has 0 saturated carbocycles. The molecule has 3 N–H and O–H groups in total. The quantitative estimate of drug-likeness (QED) is 0.633. The van der Waals surface area contributed by atoms with Crippen LogP contribution in [-0.2, 0) is 10.2 Å². The average Bonchev–Trinajstić information content (AvgIpc) is 2.13. The highest BCUT2D eigenvalue weighted by Crippen LogP contribution is 1.98. The van der Waals surface area contributed by atoms with Crippen molar-refractivity contribution in [2.45, 2.75) is 32.7 Å². The molecule has 0 saturated heterocycles. The maximum absolute atomic E-state index is 11.6. The summed E-state index contributed by atoms with van der Waals surface area (Å²) in [5, 5.41) is 0. The topological polar surface area (TPSA) is 75.4 Å². The van der Waals surface area contributed by atoms with E-state index in [1.54, 1.807) is 14.0 Å². The van der Waals surface area contributed by atoms with Crippen molar-refractivity contribution in [2.75, 3.05) is 20.1 Å². The highest BCUT2D eigenvalue weighted by atomic mass is 32.2. The van der Waals surface area contributed by atoms with Gasteiger partial charge in [0.2, 0.25) is 0 Å². The summed E-state index contributed by atoms with van der Waals surface area (Å²) in [6.07, 6.45) is 1.85. The fraction of sp³-hybridized carbons (Fsp3) is 1.00. The van der Waals surface area contributed by atoms with Crippen LogP contribution in [0.3, 0.4) is 0 Å². The second kappa shape index (κ2) is 6.34. The molecule has 6 heteroatoms. The van der Waals surface area contributed by atoms with E-state index in [1.807, 2.05) is 6.92 Å². The van der Waals surface area contributed by atoms with Crippen molar-refractivity contribution < 1.29 is 8.42 Å². The summed E-state index contributed by atoms with van der Waals surface area (Å²) < 4.78 is 26.9. The van der Waals surface area contributed by atoms with Gasteiger partial charge in [-0.15, -0.1) is 0 Å². The van der Waals surface area contributed by atoms with Crippen LogP contribution in [0.2, 0.25) is 0 Å². The molecule has 0 aromatic rings. The number of unbranched alkanes of at least 4 members (excludes halogenated alkanes) is 1. The van der Waals surface area contributed by atoms with Crippen LogP contribution in [0.5, 0.6) is 0 Å². The molecule has 0 aliphatic carbocycles. The molecular weight excluding hydrogens is 202 g/mol. The first-order valence-electron chi connectivity index (χ1n) is 4.87. The van der Waals surface area contributed by atoms with Gasteiger partial charge in [-0.3, -0.25) is 0 Å². The van der Waals surface area contributed by atoms with E-state index in [0.29, 0.717) is 13.1 Å². The predicted octanol–water partition coefficient (Wildman–Crippen LogP) is -0.100. The van der Waals surface area contributed by atoms with Gasteiger partial charge in [-0.25, -0.2) is 0 Å². The molecule has 86 valence electrons. The van der Waals surface area contributed by atoms with Crippen molar-refractivity contribution in [2.24, 2.45) is 5.73 Å². The van der Waals surface area contributed by atoms with Crippen LogP contribution in [0.4, 0.5) is 0 Å². The van der Waals surface area contributed by atoms with Gasteiger partial charge in [-0.1, -0.05) is 13.3 Å². The Morgan fingerprint density at radius 1 is 1.50 bits per heavy atom. The highest BCUT2D eigenvalue weighted by Gasteiger charge is 2.18. The van der Waals surface area contributed by atoms with E-state index in [-0.39, 0.29) is 6.04 Å². The van der Waals surface area contributed by atoms with Crippen LogP contribution in [0.1, 0.15) is 26.7 Å². The number of hydrogen-bond donors (Lipinski definition) is 2. The van der Waals surface area contributed by atoms with Crippen LogP contribution in [0, 0.1) is 0 Å². The van der Waals surface area contributed by atoms with Crippen molar-refractivity contribution in [1.29, 1.82) is 0 Å². The van der Waals surface area contributed by atoms with Gasteiger partial charge in [0, 0.05) is 26.2 Å². The summed E-state index contributed by atoms with van der Waals surface area (Å²) in [7, 11) is -1.77. The maximum Gasteiger partial charge on any atom is 0.279 e. The Bertz CT molecular complexity index is 241. The highest BCUT2D eigenvalue weighted by molar-refractivity contribution is 7.87. The summed E-state index contributed by atoms with van der Waals surface area (Å²) in [4.78, 5) is 0. The van der Waals surface area contributed by atoms with Gasteiger partial charge >= 0.3 is 0 Å². The lowest BCUT2D eigenvalue weighted by Gasteiger charge is -2.19. The van der Waals surface area contributed by atoms with Gasteiger partial charge in [0.15, 0.2) is 0 Å². The van der Waals surface area contributed by atoms with Gasteiger partial charge < -0.3 is 5.73 Å². The zero-order chi connectivity index (χ0) is 11.2. The molecule has 0 heterocycles. The van der Waals surface area contributed by atoms with E-state index >= 15 is 0 Å². The van der Waals surface area contributed by atoms with Crippen molar-refractivity contribution in [3.8, 4) is 0 Å². The predicted molar refractivity (Wildman–Crippen MR) is 58.1 cm³/mol. The molecule has 5 nitrogen and oxygen atoms in total. The van der Waals surface area contributed by atoms with Crippen LogP contribution >= 0.6 is 0 Å². The third kappa shape index (κ3) is 4.90. The van der Waals surface area contributed by atoms with Crippen molar-refractivity contribution in [3.05, 3.63) is 0 Å². The van der Waals surface area contributed by atoms with E-state index < -0.39 is 10.2 Å². The van der Waals surface area contributed by atoms with E-state index in [0.717, 1.165) is 12.8 Å². The monoisotopic (exact) mass is 223 g/mol. The van der Waals surface area contributed by atoms with Crippen LogP contribution < -0.4 is 10.5 Å². The minimum atomic E-state index is -3.34. The Labute approximate surface area is 86.8 Å². The second-order valence-electron chi connectivity index (χ2n) is 3.43. The van der Waals surface area contributed by atoms with E-state index in [4.69, 9.17) is 5.73 Å². The number of nitrogens with two attached hydrogens (primary N) is 1. The third-order valence-corrected chi connectivity index (χ3v) is 3.64. The SMILES string of the molecule is CCCCN(C)S(=O)(=O)N[C@@H](C)CN. The summed E-state index contributed by atoms with van der Waals surface area (Å²) in [5.41, 5.74) is 5.33. The van der Waals surface area contributed by atoms with Gasteiger partial charge in [-0.2, -0.15) is 17.4 Å². The normalized spacial score (nSPS) is 14.6. The fourth-order valence-electron chi connectivity index (χ4n) is 0.893. The molecule has 0 amide bonds. The Hall–Kier alpha value is -0.170. The van der Waals surface area contributed by atoms with Gasteiger partial charge in [0.1, 0.15) is 0 Å². The first-order chi connectivity index (χ1) is 6.44. The zero-order valence-corrected chi connectivity index (χ0v) is 9.97. The lowest BCUT2D eigenvalue weighted by atomic mass is 10.3. The molecule has 1 atom stereocenters. The van der Waals surface area contributed by atoms with Crippen LogP contribution in [-0.4, -0.2) is 38.9 Å². The molecule has 0 aliphatic heterocycles. The number of nitrogens with zero attached hydrogens (tertiary/aromatic N) is 1. The molecule has 0 aromatic carbocycles. The minimum Gasteiger partial charge on any atom is -0.329 e. The van der Waals surface area contributed by atoms with Gasteiger partial charge in [-0.05, 0) is 13.3 Å². The number of rotatable bonds is 7. The minimum absolute atomic E-state index is 0.218. The van der Waals surface area contributed by atoms with Gasteiger partial charge in [0.25, 0.3) is 10.2 Å². The Morgan fingerprint density at radius 2 is 2.07 bits per heavy atom. The average molecular weight is 223 g/mol. The first-order valence-corrected chi connectivity index (χ1v) is 6.31. The molecule has 0 unspecified atom stereocenters. The Kier molecular flexibility index (Phi) is 6.26. The fourth-order valence-corrected chi connectivity index (χ4v) is 2.05. The maximum atomic E-state index is 11.6. The smallest absolute Gasteiger partial charge is 0.279 e. The van der Waals surface area contributed by atoms with Gasteiger partial charge in [0.05, 0.1) is 0 Å². The van der Waals surface area contributed by atoms with Crippen molar-refractivity contribution in [3.63, 3.8) is 0 Å². The zero-order valence-electron chi connectivity index (χ0n) is 9.16. The molecule has 14 heavy (non-hydrogen) atoms. The summed E-state index contributed by atoms with van der Waals surface area (Å²) in [5.74, 6) is 0. The standard InChI is InChI=1S/C8H21N3O2S/c1-4-5-6-11(3)14(12,13)10-8(2)7-9/h8,10H,4-7,9H2,1-3H3/t8-/m0/s1. The Balaban J connectivity index is 4.17. The Morgan fingerprint density at radius 3 is 2.50 bits per heavy atom. The van der Waals surface area contributed by atoms with E-state index in [2.05, 4.69) is 4.72 Å². The van der Waals surface area contributed by atoms with E-state index in [1.165, 1.54) is 4.31 Å². The van der Waals surface area contributed by atoms with Crippen molar-refractivity contribution in [1.82, 2.24) is 9.03 Å². The first kappa shape index (κ1) is 13.8. The van der Waals surface area contributed by atoms with Crippen molar-refractivity contribution >= 4 is 10.2 Å². The van der Waals surface area contributed by atoms with E-state index in [9.17, 15) is 8.42 Å². The summed E-state index contributed by atoms with van der Waals surface area (Å²) in [6, 6.07) is -0.218. The summed E-state index contributed by atoms with van der Waals surface area (Å²) in [6.45, 7) is 4.62. The van der Waals surface area contributed by atoms with Crippen LogP contribution in [0.15, 0.2) is 0 Å². The number of nitrogens with one attached hydrogen (secondary N) is 1. The lowest BCUT2D eigenvalue weighted by molar-refractivity contribution is 0.441. The molecule has 0 spiro atoms. The molecule has 0 rings (SSSR count). The van der Waals surface area contributed by atoms with Crippen LogP contribution in [0.25, 0.3) is 0 Å². The molecule has 0 bridgehead atoms. The molecule has 0 fully saturated rings. The lowest BCUT2D eigenvalue weighted by Crippen LogP contribution is -2.45. The molecule has 0 aromatic heterocycles. The molecule has 0 radical (unpaired) electrons. The molecular formula is C8H21N3O2S.